The quantitative estimate of drug-likeness (QED) is 0.124. The molecule has 0 bridgehead atoms. The summed E-state index contributed by atoms with van der Waals surface area (Å²) < 4.78 is 14.4. The molecule has 2 N–H and O–H groups in total. The van der Waals surface area contributed by atoms with Crippen LogP contribution in [0.3, 0.4) is 0 Å². The maximum absolute atomic E-state index is 9.70. The second-order valence-corrected chi connectivity index (χ2v) is 18.6. The van der Waals surface area contributed by atoms with Crippen LogP contribution in [-0.2, 0) is 19.0 Å². The minimum atomic E-state index is -1.43. The van der Waals surface area contributed by atoms with E-state index in [1.807, 2.05) is 5.92 Å². The summed E-state index contributed by atoms with van der Waals surface area (Å²) in [5.41, 5.74) is 5.93. The monoisotopic (exact) mass is 720 g/mol. The van der Waals surface area contributed by atoms with Crippen molar-refractivity contribution in [1.82, 2.24) is 0 Å². The predicted octanol–water partition coefficient (Wildman–Crippen LogP) is -0.686. The Morgan fingerprint density at radius 1 is 0.644 bits per heavy atom. The van der Waals surface area contributed by atoms with Crippen molar-refractivity contribution in [3.05, 3.63) is 6.92 Å². The van der Waals surface area contributed by atoms with Crippen molar-refractivity contribution >= 4 is 45.5 Å². The first-order valence-corrected chi connectivity index (χ1v) is 19.7. The summed E-state index contributed by atoms with van der Waals surface area (Å²) in [6, 6.07) is 0. The standard InChI is InChI=1S/C12H16O2Si.C9H8O2.C6H10OSi.C6H6O.C2H5.BrH.Mg/c1-5-9-14-10-6-7-12(13)8-11-15(2,3)4;1-3-7-11-8-5-6-9(10)4-2;1-8(2,3)6-4-5-7;1-3-5-7-6-4-2;1-2;;/h1,12-13H,9-10H2,2-4H3;1-2,9-10H,7-8H2;5H,1-3H3;1-2H,5-6H2;1H2,2H3;1H;/q;;;;-1;;+2/p-1. The number of rotatable bonds is 6. The van der Waals surface area contributed by atoms with E-state index in [2.05, 4.69) is 121 Å². The molecule has 0 aliphatic carbocycles. The van der Waals surface area contributed by atoms with E-state index in [0.29, 0.717) is 19.5 Å². The van der Waals surface area contributed by atoms with Gasteiger partial charge in [-0.2, -0.15) is 6.92 Å². The van der Waals surface area contributed by atoms with E-state index in [1.165, 1.54) is 0 Å². The summed E-state index contributed by atoms with van der Waals surface area (Å²) in [6.07, 6.45) is 23.1. The van der Waals surface area contributed by atoms with Crippen molar-refractivity contribution in [2.75, 3.05) is 39.6 Å². The zero-order valence-corrected chi connectivity index (χ0v) is 32.7. The molecule has 238 valence electrons. The van der Waals surface area contributed by atoms with Crippen molar-refractivity contribution in [2.24, 2.45) is 0 Å². The van der Waals surface area contributed by atoms with E-state index in [0.717, 1.165) is 0 Å². The molecule has 0 saturated carbocycles. The number of aliphatic hydroxyl groups excluding tert-OH is 2. The fourth-order valence-electron chi connectivity index (χ4n) is 1.38. The third kappa shape index (κ3) is 79.6. The molecule has 0 saturated heterocycles. The Hall–Kier alpha value is -2.81. The Kier molecular flexibility index (Phi) is 58.6. The molecule has 0 fully saturated rings. The first-order valence-electron chi connectivity index (χ1n) is 12.7. The largest absolute Gasteiger partial charge is 2.00 e. The number of terminal acetylenes is 5. The molecule has 0 aliphatic heterocycles. The van der Waals surface area contributed by atoms with Crippen LogP contribution in [-0.4, -0.2) is 108 Å². The van der Waals surface area contributed by atoms with Crippen LogP contribution in [0.15, 0.2) is 0 Å². The van der Waals surface area contributed by atoms with Crippen LogP contribution in [0.5, 0.6) is 0 Å². The molecule has 0 radical (unpaired) electrons. The van der Waals surface area contributed by atoms with Crippen LogP contribution in [0.2, 0.25) is 39.3 Å². The molecule has 2 atom stereocenters. The molecule has 10 heteroatoms. The van der Waals surface area contributed by atoms with Crippen molar-refractivity contribution < 1.29 is 46.2 Å². The molecule has 0 heterocycles. The summed E-state index contributed by atoms with van der Waals surface area (Å²) in [6.45, 7) is 19.1. The van der Waals surface area contributed by atoms with Gasteiger partial charge >= 0.3 is 23.1 Å². The van der Waals surface area contributed by atoms with E-state index >= 15 is 0 Å². The average Bonchev–Trinajstić information content (AvgIpc) is 2.96. The van der Waals surface area contributed by atoms with Crippen LogP contribution in [0.4, 0.5) is 0 Å². The van der Waals surface area contributed by atoms with Gasteiger partial charge in [-0.25, -0.2) is 0 Å². The second-order valence-electron chi connectivity index (χ2n) is 9.07. The van der Waals surface area contributed by atoms with E-state index in [1.54, 1.807) is 6.92 Å². The molecule has 0 rings (SSSR count). The van der Waals surface area contributed by atoms with Gasteiger partial charge in [-0.05, 0) is 5.92 Å². The van der Waals surface area contributed by atoms with Crippen molar-refractivity contribution in [1.29, 1.82) is 0 Å². The molecule has 2 unspecified atom stereocenters. The number of halogens is 1. The topological polar surface area (TPSA) is 85.2 Å². The summed E-state index contributed by atoms with van der Waals surface area (Å²) in [5, 5.41) is 18.1. The molecule has 45 heavy (non-hydrogen) atoms. The van der Waals surface area contributed by atoms with E-state index in [-0.39, 0.29) is 66.5 Å². The first-order chi connectivity index (χ1) is 20.2. The van der Waals surface area contributed by atoms with Crippen LogP contribution < -0.4 is 17.0 Å². The third-order valence-corrected chi connectivity index (χ3v) is 4.60. The summed E-state index contributed by atoms with van der Waals surface area (Å²) in [5.74, 6) is 26.4. The maximum atomic E-state index is 9.70. The summed E-state index contributed by atoms with van der Waals surface area (Å²) in [7, 11) is -2.70. The minimum absolute atomic E-state index is 0. The van der Waals surface area contributed by atoms with Gasteiger partial charge in [-0.3, -0.25) is 4.79 Å². The molecule has 6 nitrogen and oxygen atoms in total. The van der Waals surface area contributed by atoms with E-state index < -0.39 is 28.4 Å². The number of ether oxygens (including phenoxy) is 3. The Balaban J connectivity index is -0.0000000860. The van der Waals surface area contributed by atoms with Crippen molar-refractivity contribution in [2.45, 2.75) is 58.4 Å². The van der Waals surface area contributed by atoms with Gasteiger partial charge in [-0.1, -0.05) is 98.5 Å². The predicted molar refractivity (Wildman–Crippen MR) is 189 cm³/mol. The zero-order chi connectivity index (χ0) is 34.4. The number of carbonyl (C=O) groups excluding carboxylic acids is 1. The Morgan fingerprint density at radius 2 is 0.978 bits per heavy atom. The van der Waals surface area contributed by atoms with E-state index in [9.17, 15) is 9.90 Å². The summed E-state index contributed by atoms with van der Waals surface area (Å²) >= 11 is 0. The van der Waals surface area contributed by atoms with Crippen LogP contribution in [0, 0.1) is 115 Å². The van der Waals surface area contributed by atoms with Gasteiger partial charge in [0.05, 0.1) is 0 Å². The molecule has 0 aromatic rings. The van der Waals surface area contributed by atoms with Gasteiger partial charge < -0.3 is 48.3 Å². The Morgan fingerprint density at radius 3 is 1.24 bits per heavy atom. The molecular formula is C35H45BrMgO6Si2. The zero-order valence-electron chi connectivity index (χ0n) is 27.7. The third-order valence-electron chi connectivity index (χ3n) is 2.82. The van der Waals surface area contributed by atoms with Gasteiger partial charge in [0.15, 0.2) is 18.5 Å². The summed E-state index contributed by atoms with van der Waals surface area (Å²) in [4.78, 5) is 9.70. The van der Waals surface area contributed by atoms with Crippen LogP contribution in [0.1, 0.15) is 6.92 Å². The second kappa shape index (κ2) is 45.6. The first kappa shape index (κ1) is 57.8. The fourth-order valence-corrected chi connectivity index (χ4v) is 2.44. The van der Waals surface area contributed by atoms with Gasteiger partial charge in [0.25, 0.3) is 0 Å². The van der Waals surface area contributed by atoms with Gasteiger partial charge in [-0.15, -0.1) is 43.2 Å². The number of aliphatic hydroxyl groups is 2. The molecule has 0 spiro atoms. The number of hydrogen-bond donors (Lipinski definition) is 2. The smallest absolute Gasteiger partial charge is 1.00 e. The molecule has 0 aromatic carbocycles. The SMILES string of the molecule is C#CCOCC#C.C#CCOCC#CC(O)C#C.C#CCOCC#CC(O)C#C[Si](C)(C)C.C[Si](C)(C)C#CC=O.[Br-].[CH2-]C.[Mg+2]. The van der Waals surface area contributed by atoms with Crippen molar-refractivity contribution in [3.63, 3.8) is 0 Å². The van der Waals surface area contributed by atoms with Crippen molar-refractivity contribution in [3.8, 4) is 108 Å². The number of carbonyl (C=O) groups is 1. The average molecular weight is 722 g/mol. The minimum Gasteiger partial charge on any atom is -1.00 e. The maximum Gasteiger partial charge on any atom is 2.00 e. The van der Waals surface area contributed by atoms with Gasteiger partial charge in [0.2, 0.25) is 0 Å². The van der Waals surface area contributed by atoms with E-state index in [4.69, 9.17) is 46.7 Å². The number of aldehydes is 1. The van der Waals surface area contributed by atoms with Crippen LogP contribution in [0.25, 0.3) is 0 Å². The fraction of sp³-hybridized carbons (Fsp3) is 0.429. The molecular weight excluding hydrogens is 677 g/mol. The Bertz CT molecular complexity index is 1170. The van der Waals surface area contributed by atoms with Crippen LogP contribution >= 0.6 is 0 Å². The number of hydrogen-bond acceptors (Lipinski definition) is 6. The van der Waals surface area contributed by atoms with Gasteiger partial charge in [0.1, 0.15) is 55.8 Å². The molecule has 0 aliphatic rings. The normalized spacial score (nSPS) is 9.09. The molecule has 0 aromatic heterocycles. The Labute approximate surface area is 303 Å². The molecule has 0 amide bonds. The van der Waals surface area contributed by atoms with Gasteiger partial charge in [0, 0.05) is 0 Å².